The van der Waals surface area contributed by atoms with Gasteiger partial charge in [-0.1, -0.05) is 24.1 Å². The SMILES string of the molecule is C(#CB1C=CC=CN1)B1C=CC=CN1. The first-order valence-corrected chi connectivity index (χ1v) is 4.65. The van der Waals surface area contributed by atoms with Crippen LogP contribution >= 0.6 is 0 Å². The van der Waals surface area contributed by atoms with Gasteiger partial charge >= 0.3 is 13.7 Å². The van der Waals surface area contributed by atoms with E-state index in [1.807, 2.05) is 48.7 Å². The number of hydrogen-bond acceptors (Lipinski definition) is 2. The summed E-state index contributed by atoms with van der Waals surface area (Å²) in [6.07, 6.45) is 11.7. The van der Waals surface area contributed by atoms with E-state index in [9.17, 15) is 0 Å². The second-order valence-corrected chi connectivity index (χ2v) is 3.07. The molecule has 2 heterocycles. The Morgan fingerprint density at radius 3 is 1.57 bits per heavy atom. The lowest BCUT2D eigenvalue weighted by molar-refractivity contribution is 1.33. The quantitative estimate of drug-likeness (QED) is 0.418. The Bertz CT molecular complexity index is 337. The fourth-order valence-corrected chi connectivity index (χ4v) is 1.25. The van der Waals surface area contributed by atoms with Gasteiger partial charge in [-0.2, -0.15) is 0 Å². The van der Waals surface area contributed by atoms with Crippen LogP contribution in [-0.2, 0) is 0 Å². The van der Waals surface area contributed by atoms with Gasteiger partial charge in [-0.15, -0.1) is 11.6 Å². The van der Waals surface area contributed by atoms with Crippen LogP contribution in [0.15, 0.2) is 48.7 Å². The molecular weight excluding hydrogens is 170 g/mol. The molecule has 0 saturated heterocycles. The van der Waals surface area contributed by atoms with Gasteiger partial charge in [-0.25, -0.2) is 0 Å². The first-order chi connectivity index (χ1) is 6.95. The molecule has 2 rings (SSSR count). The van der Waals surface area contributed by atoms with Crippen LogP contribution in [0.3, 0.4) is 0 Å². The molecule has 2 nitrogen and oxygen atoms in total. The maximum atomic E-state index is 3.15. The Labute approximate surface area is 85.0 Å². The average molecular weight is 180 g/mol. The van der Waals surface area contributed by atoms with Crippen LogP contribution < -0.4 is 10.5 Å². The highest BCUT2D eigenvalue weighted by molar-refractivity contribution is 6.76. The summed E-state index contributed by atoms with van der Waals surface area (Å²) in [5.41, 5.74) is 0. The molecule has 0 saturated carbocycles. The largest absolute Gasteiger partial charge is 0.420 e. The first-order valence-electron chi connectivity index (χ1n) is 4.65. The van der Waals surface area contributed by atoms with Crippen molar-refractivity contribution in [2.45, 2.75) is 0 Å². The van der Waals surface area contributed by atoms with Gasteiger partial charge in [-0.05, 0) is 24.6 Å². The lowest BCUT2D eigenvalue weighted by atomic mass is 9.56. The molecule has 0 amide bonds. The van der Waals surface area contributed by atoms with Crippen LogP contribution in [0.2, 0.25) is 0 Å². The topological polar surface area (TPSA) is 24.1 Å². The van der Waals surface area contributed by atoms with Crippen molar-refractivity contribution in [2.75, 3.05) is 0 Å². The summed E-state index contributed by atoms with van der Waals surface area (Å²) in [5, 5.41) is 6.30. The summed E-state index contributed by atoms with van der Waals surface area (Å²) in [7, 11) is 0. The van der Waals surface area contributed by atoms with Gasteiger partial charge in [0, 0.05) is 0 Å². The molecule has 66 valence electrons. The smallest absolute Gasteiger partial charge is 0.364 e. The molecule has 0 aromatic heterocycles. The molecule has 0 spiro atoms. The van der Waals surface area contributed by atoms with Gasteiger partial charge in [-0.3, -0.25) is 0 Å². The Hall–Kier alpha value is -1.75. The molecule has 0 aromatic rings. The van der Waals surface area contributed by atoms with Crippen molar-refractivity contribution in [3.8, 4) is 11.6 Å². The van der Waals surface area contributed by atoms with E-state index in [2.05, 4.69) is 22.1 Å². The Kier molecular flexibility index (Phi) is 2.82. The Balaban J connectivity index is 1.93. The maximum absolute atomic E-state index is 3.15. The minimum Gasteiger partial charge on any atom is -0.420 e. The van der Waals surface area contributed by atoms with Gasteiger partial charge in [0.05, 0.1) is 0 Å². The van der Waals surface area contributed by atoms with Crippen molar-refractivity contribution in [2.24, 2.45) is 0 Å². The second-order valence-electron chi connectivity index (χ2n) is 3.07. The molecule has 0 fully saturated rings. The van der Waals surface area contributed by atoms with Gasteiger partial charge in [0.2, 0.25) is 0 Å². The zero-order chi connectivity index (χ0) is 9.64. The standard InChI is InChI=1S/C10H10B2N2/c1-3-9-13-11(5-1)7-8-12-6-2-4-10-14-12/h1-6,9-10,13-14H. The molecule has 0 aromatic carbocycles. The summed E-state index contributed by atoms with van der Waals surface area (Å²) in [5.74, 6) is 10.4. The summed E-state index contributed by atoms with van der Waals surface area (Å²) in [4.78, 5) is 0. The van der Waals surface area contributed by atoms with Crippen LogP contribution in [0.5, 0.6) is 0 Å². The van der Waals surface area contributed by atoms with Crippen molar-refractivity contribution >= 4 is 13.7 Å². The number of allylic oxidation sites excluding steroid dienone is 4. The fraction of sp³-hybridized carbons (Fsp3) is 0. The van der Waals surface area contributed by atoms with Crippen molar-refractivity contribution in [1.82, 2.24) is 10.5 Å². The number of rotatable bonds is 0. The molecule has 0 radical (unpaired) electrons. The van der Waals surface area contributed by atoms with Crippen LogP contribution in [0.1, 0.15) is 0 Å². The van der Waals surface area contributed by atoms with E-state index in [0.717, 1.165) is 0 Å². The molecule has 0 atom stereocenters. The molecule has 0 unspecified atom stereocenters. The van der Waals surface area contributed by atoms with E-state index >= 15 is 0 Å². The van der Waals surface area contributed by atoms with Crippen LogP contribution in [-0.4, -0.2) is 13.7 Å². The first kappa shape index (κ1) is 8.83. The lowest BCUT2D eigenvalue weighted by Crippen LogP contribution is -2.31. The predicted octanol–water partition coefficient (Wildman–Crippen LogP) is 0.476. The van der Waals surface area contributed by atoms with Crippen molar-refractivity contribution in [3.63, 3.8) is 0 Å². The summed E-state index contributed by atoms with van der Waals surface area (Å²) in [6, 6.07) is 0. The average Bonchev–Trinajstić information content (AvgIpc) is 2.29. The molecule has 2 aliphatic rings. The second kappa shape index (κ2) is 4.48. The van der Waals surface area contributed by atoms with Crippen molar-refractivity contribution in [1.29, 1.82) is 0 Å². The maximum Gasteiger partial charge on any atom is 0.364 e. The third-order valence-corrected chi connectivity index (χ3v) is 1.97. The van der Waals surface area contributed by atoms with Gasteiger partial charge in [0.15, 0.2) is 0 Å². The fourth-order valence-electron chi connectivity index (χ4n) is 1.25. The minimum absolute atomic E-state index is 0.140. The summed E-state index contributed by atoms with van der Waals surface area (Å²) in [6.45, 7) is 0.280. The molecule has 4 heteroatoms. The van der Waals surface area contributed by atoms with Crippen LogP contribution in [0.4, 0.5) is 0 Å². The molecule has 2 aliphatic heterocycles. The van der Waals surface area contributed by atoms with E-state index < -0.39 is 0 Å². The molecule has 0 aliphatic carbocycles. The third-order valence-electron chi connectivity index (χ3n) is 1.97. The van der Waals surface area contributed by atoms with E-state index in [0.29, 0.717) is 0 Å². The van der Waals surface area contributed by atoms with Crippen molar-refractivity contribution < 1.29 is 0 Å². The monoisotopic (exact) mass is 180 g/mol. The summed E-state index contributed by atoms with van der Waals surface area (Å²) < 4.78 is 0. The zero-order valence-corrected chi connectivity index (χ0v) is 7.77. The third kappa shape index (κ3) is 2.37. The number of nitrogens with one attached hydrogen (secondary N) is 2. The van der Waals surface area contributed by atoms with Gasteiger partial charge in [0.25, 0.3) is 0 Å². The Morgan fingerprint density at radius 1 is 0.714 bits per heavy atom. The van der Waals surface area contributed by atoms with Crippen LogP contribution in [0, 0.1) is 11.6 Å². The minimum atomic E-state index is 0.140. The zero-order valence-electron chi connectivity index (χ0n) is 7.77. The summed E-state index contributed by atoms with van der Waals surface area (Å²) >= 11 is 0. The normalized spacial score (nSPS) is 17.1. The highest BCUT2D eigenvalue weighted by atomic mass is 14.7. The molecule has 2 N–H and O–H groups in total. The molecule has 0 bridgehead atoms. The molecule has 14 heavy (non-hydrogen) atoms. The van der Waals surface area contributed by atoms with E-state index in [1.165, 1.54) is 0 Å². The van der Waals surface area contributed by atoms with Crippen molar-refractivity contribution in [3.05, 3.63) is 48.7 Å². The highest BCUT2D eigenvalue weighted by Crippen LogP contribution is 1.91. The van der Waals surface area contributed by atoms with Crippen LogP contribution in [0.25, 0.3) is 0 Å². The lowest BCUT2D eigenvalue weighted by Gasteiger charge is -2.06. The van der Waals surface area contributed by atoms with E-state index in [1.54, 1.807) is 0 Å². The Morgan fingerprint density at radius 2 is 1.21 bits per heavy atom. The molecular formula is C10H10B2N2. The van der Waals surface area contributed by atoms with Gasteiger partial charge in [0.1, 0.15) is 0 Å². The van der Waals surface area contributed by atoms with E-state index in [4.69, 9.17) is 0 Å². The van der Waals surface area contributed by atoms with Gasteiger partial charge < -0.3 is 10.5 Å². The van der Waals surface area contributed by atoms with E-state index in [-0.39, 0.29) is 13.7 Å². The predicted molar refractivity (Wildman–Crippen MR) is 62.1 cm³/mol. The highest BCUT2D eigenvalue weighted by Gasteiger charge is 2.09. The number of hydrogen-bond donors (Lipinski definition) is 2.